The molecule has 1 aromatic heterocycles. The van der Waals surface area contributed by atoms with E-state index in [2.05, 4.69) is 4.98 Å². The summed E-state index contributed by atoms with van der Waals surface area (Å²) in [6, 6.07) is 0. The zero-order valence-electron chi connectivity index (χ0n) is 8.50. The lowest BCUT2D eigenvalue weighted by molar-refractivity contribution is 0.0187. The van der Waals surface area contributed by atoms with Crippen LogP contribution in [0, 0.1) is 6.92 Å². The maximum Gasteiger partial charge on any atom is 0.261 e. The molecular formula is C9H14F2N2OS. The second kappa shape index (κ2) is 6.09. The van der Waals surface area contributed by atoms with Gasteiger partial charge in [0, 0.05) is 17.8 Å². The maximum atomic E-state index is 11.7. The van der Waals surface area contributed by atoms with Crippen molar-refractivity contribution in [1.29, 1.82) is 0 Å². The Kier molecular flexibility index (Phi) is 5.07. The SMILES string of the molecule is Cc1nc(CCOCC(F)F)sc1CN. The van der Waals surface area contributed by atoms with E-state index in [9.17, 15) is 8.78 Å². The van der Waals surface area contributed by atoms with Gasteiger partial charge in [0.1, 0.15) is 6.61 Å². The van der Waals surface area contributed by atoms with Crippen LogP contribution < -0.4 is 5.73 Å². The molecule has 0 spiro atoms. The highest BCUT2D eigenvalue weighted by atomic mass is 32.1. The minimum atomic E-state index is -2.40. The van der Waals surface area contributed by atoms with Gasteiger partial charge in [0.2, 0.25) is 0 Å². The molecule has 0 aliphatic carbocycles. The van der Waals surface area contributed by atoms with Crippen LogP contribution in [0.4, 0.5) is 8.78 Å². The fraction of sp³-hybridized carbons (Fsp3) is 0.667. The number of hydrogen-bond acceptors (Lipinski definition) is 4. The van der Waals surface area contributed by atoms with Crippen LogP contribution in [0.2, 0.25) is 0 Å². The third-order valence-electron chi connectivity index (χ3n) is 1.83. The maximum absolute atomic E-state index is 11.7. The molecule has 0 aliphatic rings. The van der Waals surface area contributed by atoms with E-state index in [0.29, 0.717) is 13.0 Å². The van der Waals surface area contributed by atoms with E-state index < -0.39 is 13.0 Å². The molecule has 86 valence electrons. The zero-order valence-corrected chi connectivity index (χ0v) is 9.32. The van der Waals surface area contributed by atoms with Gasteiger partial charge in [0.25, 0.3) is 6.43 Å². The molecule has 1 heterocycles. The number of hydrogen-bond donors (Lipinski definition) is 1. The molecule has 15 heavy (non-hydrogen) atoms. The van der Waals surface area contributed by atoms with E-state index in [-0.39, 0.29) is 6.61 Å². The third kappa shape index (κ3) is 4.19. The van der Waals surface area contributed by atoms with Crippen LogP contribution in [-0.2, 0) is 17.7 Å². The summed E-state index contributed by atoms with van der Waals surface area (Å²) in [4.78, 5) is 5.31. The smallest absolute Gasteiger partial charge is 0.261 e. The van der Waals surface area contributed by atoms with E-state index in [1.807, 2.05) is 6.92 Å². The summed E-state index contributed by atoms with van der Waals surface area (Å²) in [7, 11) is 0. The van der Waals surface area contributed by atoms with E-state index >= 15 is 0 Å². The number of alkyl halides is 2. The van der Waals surface area contributed by atoms with Crippen molar-refractivity contribution in [3.8, 4) is 0 Å². The summed E-state index contributed by atoms with van der Waals surface area (Å²) in [6.45, 7) is 2.14. The molecule has 0 aliphatic heterocycles. The lowest BCUT2D eigenvalue weighted by Gasteiger charge is -2.00. The Hall–Kier alpha value is -0.590. The molecule has 0 amide bonds. The molecule has 0 atom stereocenters. The minimum Gasteiger partial charge on any atom is -0.375 e. The molecule has 0 saturated carbocycles. The van der Waals surface area contributed by atoms with Crippen molar-refractivity contribution in [3.63, 3.8) is 0 Å². The third-order valence-corrected chi connectivity index (χ3v) is 3.07. The van der Waals surface area contributed by atoms with Gasteiger partial charge in [-0.05, 0) is 6.92 Å². The van der Waals surface area contributed by atoms with Crippen molar-refractivity contribution in [3.05, 3.63) is 15.6 Å². The normalized spacial score (nSPS) is 11.3. The number of nitrogens with zero attached hydrogens (tertiary/aromatic N) is 1. The van der Waals surface area contributed by atoms with E-state index in [1.54, 1.807) is 0 Å². The second-order valence-corrected chi connectivity index (χ2v) is 4.20. The number of thiazole rings is 1. The van der Waals surface area contributed by atoms with Gasteiger partial charge in [-0.3, -0.25) is 0 Å². The Bertz CT molecular complexity index is 304. The predicted molar refractivity (Wildman–Crippen MR) is 55.3 cm³/mol. The van der Waals surface area contributed by atoms with E-state index in [1.165, 1.54) is 11.3 Å². The van der Waals surface area contributed by atoms with Crippen LogP contribution in [-0.4, -0.2) is 24.6 Å². The van der Waals surface area contributed by atoms with E-state index in [0.717, 1.165) is 15.6 Å². The van der Waals surface area contributed by atoms with E-state index in [4.69, 9.17) is 10.5 Å². The van der Waals surface area contributed by atoms with Crippen molar-refractivity contribution in [2.45, 2.75) is 26.3 Å². The minimum absolute atomic E-state index is 0.279. The summed E-state index contributed by atoms with van der Waals surface area (Å²) >= 11 is 1.51. The second-order valence-electron chi connectivity index (χ2n) is 3.04. The standard InChI is InChI=1S/C9H14F2N2OS/c1-6-7(4-12)15-9(13-6)2-3-14-5-8(10)11/h8H,2-5,12H2,1H3. The van der Waals surface area contributed by atoms with Crippen molar-refractivity contribution in [1.82, 2.24) is 4.98 Å². The Morgan fingerprint density at radius 2 is 2.27 bits per heavy atom. The molecule has 0 bridgehead atoms. The highest BCUT2D eigenvalue weighted by Crippen LogP contribution is 2.17. The summed E-state index contributed by atoms with van der Waals surface area (Å²) in [5.74, 6) is 0. The van der Waals surface area contributed by atoms with Crippen LogP contribution >= 0.6 is 11.3 Å². The van der Waals surface area contributed by atoms with Gasteiger partial charge >= 0.3 is 0 Å². The van der Waals surface area contributed by atoms with Crippen molar-refractivity contribution >= 4 is 11.3 Å². The summed E-state index contributed by atoms with van der Waals surface area (Å²) in [6.07, 6.45) is -1.83. The van der Waals surface area contributed by atoms with Gasteiger partial charge < -0.3 is 10.5 Å². The first kappa shape index (κ1) is 12.5. The van der Waals surface area contributed by atoms with Gasteiger partial charge in [-0.2, -0.15) is 0 Å². The van der Waals surface area contributed by atoms with Gasteiger partial charge in [-0.15, -0.1) is 11.3 Å². The molecule has 1 rings (SSSR count). The molecule has 2 N–H and O–H groups in total. The molecule has 0 saturated heterocycles. The molecule has 1 aromatic rings. The van der Waals surface area contributed by atoms with Crippen LogP contribution in [0.1, 0.15) is 15.6 Å². The first-order valence-electron chi connectivity index (χ1n) is 4.64. The molecule has 0 aromatic carbocycles. The Balaban J connectivity index is 2.31. The van der Waals surface area contributed by atoms with Gasteiger partial charge in [0.15, 0.2) is 0 Å². The van der Waals surface area contributed by atoms with Gasteiger partial charge in [-0.1, -0.05) is 0 Å². The topological polar surface area (TPSA) is 48.1 Å². The van der Waals surface area contributed by atoms with Crippen molar-refractivity contribution in [2.75, 3.05) is 13.2 Å². The highest BCUT2D eigenvalue weighted by Gasteiger charge is 2.06. The number of aromatic nitrogens is 1. The zero-order chi connectivity index (χ0) is 11.3. The van der Waals surface area contributed by atoms with Gasteiger partial charge in [-0.25, -0.2) is 13.8 Å². The number of ether oxygens (including phenoxy) is 1. The Morgan fingerprint density at radius 3 is 2.80 bits per heavy atom. The first-order valence-corrected chi connectivity index (χ1v) is 5.46. The van der Waals surface area contributed by atoms with Gasteiger partial charge in [0.05, 0.1) is 17.3 Å². The van der Waals surface area contributed by atoms with Crippen molar-refractivity contribution in [2.24, 2.45) is 5.73 Å². The Morgan fingerprint density at radius 1 is 1.53 bits per heavy atom. The molecule has 3 nitrogen and oxygen atoms in total. The highest BCUT2D eigenvalue weighted by molar-refractivity contribution is 7.11. The number of halogens is 2. The summed E-state index contributed by atoms with van der Waals surface area (Å²) in [5, 5.41) is 0.891. The fourth-order valence-corrected chi connectivity index (χ4v) is 2.05. The molecule has 0 radical (unpaired) electrons. The fourth-order valence-electron chi connectivity index (χ4n) is 1.12. The molecular weight excluding hydrogens is 222 g/mol. The van der Waals surface area contributed by atoms with Crippen LogP contribution in [0.3, 0.4) is 0 Å². The van der Waals surface area contributed by atoms with Crippen LogP contribution in [0.5, 0.6) is 0 Å². The quantitative estimate of drug-likeness (QED) is 0.765. The van der Waals surface area contributed by atoms with Crippen LogP contribution in [0.15, 0.2) is 0 Å². The lowest BCUT2D eigenvalue weighted by Crippen LogP contribution is -2.06. The molecule has 0 unspecified atom stereocenters. The summed E-state index contributed by atoms with van der Waals surface area (Å²) < 4.78 is 28.2. The number of aryl methyl sites for hydroxylation is 1. The first-order chi connectivity index (χ1) is 7.13. The Labute approximate surface area is 91.3 Å². The number of nitrogens with two attached hydrogens (primary N) is 1. The predicted octanol–water partition coefficient (Wildman–Crippen LogP) is 1.73. The largest absolute Gasteiger partial charge is 0.375 e. The molecule has 0 fully saturated rings. The summed E-state index contributed by atoms with van der Waals surface area (Å²) in [5.41, 5.74) is 6.42. The average molecular weight is 236 g/mol. The van der Waals surface area contributed by atoms with Crippen LogP contribution in [0.25, 0.3) is 0 Å². The molecule has 6 heteroatoms. The lowest BCUT2D eigenvalue weighted by atomic mass is 10.4. The van der Waals surface area contributed by atoms with Crippen molar-refractivity contribution < 1.29 is 13.5 Å². The number of rotatable bonds is 6. The average Bonchev–Trinajstić information content (AvgIpc) is 2.53. The monoisotopic (exact) mass is 236 g/mol.